The van der Waals surface area contributed by atoms with E-state index in [2.05, 4.69) is 19.4 Å². The van der Waals surface area contributed by atoms with E-state index in [-0.39, 0.29) is 89.3 Å². The Morgan fingerprint density at radius 2 is 0.967 bits per heavy atom. The summed E-state index contributed by atoms with van der Waals surface area (Å²) >= 11 is 0. The zero-order valence-corrected chi connectivity index (χ0v) is 30.3. The first-order valence-corrected chi connectivity index (χ1v) is 17.1. The Bertz CT molecular complexity index is 3190. The lowest BCUT2D eigenvalue weighted by Crippen LogP contribution is -2.04. The summed E-state index contributed by atoms with van der Waals surface area (Å²) in [5, 5.41) is 60.6. The fraction of sp³-hybridized carbons (Fsp3) is 0. The van der Waals surface area contributed by atoms with Gasteiger partial charge in [-0.2, -0.15) is 31.6 Å². The number of fused-ring (bicyclic) bond motifs is 2. The first kappa shape index (κ1) is 38.1. The van der Waals surface area contributed by atoms with Crippen LogP contribution in [0.2, 0.25) is 0 Å². The normalized spacial score (nSPS) is 13.6. The molecule has 0 amide bonds. The van der Waals surface area contributed by atoms with Crippen LogP contribution in [0.5, 0.6) is 0 Å². The highest BCUT2D eigenvalue weighted by Crippen LogP contribution is 2.61. The molecule has 0 radical (unpaired) electrons. The van der Waals surface area contributed by atoms with Gasteiger partial charge >= 0.3 is 0 Å². The van der Waals surface area contributed by atoms with Gasteiger partial charge in [-0.25, -0.2) is 28.2 Å². The lowest BCUT2D eigenvalue weighted by atomic mass is 9.78. The van der Waals surface area contributed by atoms with Crippen molar-refractivity contribution in [2.45, 2.75) is 0 Å². The summed E-state index contributed by atoms with van der Waals surface area (Å²) in [6.45, 7) is 32.0. The highest BCUT2D eigenvalue weighted by atomic mass is 19.1. The first-order valence-electron chi connectivity index (χ1n) is 17.1. The van der Waals surface area contributed by atoms with Crippen LogP contribution in [0.1, 0.15) is 55.6 Å². The maximum atomic E-state index is 17.5. The molecule has 5 aromatic carbocycles. The van der Waals surface area contributed by atoms with Crippen LogP contribution in [-0.2, 0) is 0 Å². The van der Waals surface area contributed by atoms with Crippen LogP contribution in [0.15, 0.2) is 96.6 Å². The average molecular weight is 769 g/mol. The summed E-state index contributed by atoms with van der Waals surface area (Å²) in [6.07, 6.45) is 0. The molecule has 2 aliphatic rings. The SMILES string of the molecule is [C-]#[N+]C1=C(F)/C(=C(/C#N)c2cc([N+]#[C-])cc([N+]#[C-])c2)c2c1c(-c1ccc(C#N)cc1)c1c(c2-c2ccc(C#N)cc2)/C(=C(\[N+]#[C-])c2cc(C#N)cc(C#N)c2)C(F)=C1C#N. The summed E-state index contributed by atoms with van der Waals surface area (Å²) < 4.78 is 35.1. The fourth-order valence-electron chi connectivity index (χ4n) is 7.38. The van der Waals surface area contributed by atoms with Crippen molar-refractivity contribution in [3.63, 3.8) is 0 Å². The Balaban J connectivity index is 1.84. The van der Waals surface area contributed by atoms with Crippen molar-refractivity contribution in [2.75, 3.05) is 0 Å². The van der Waals surface area contributed by atoms with Crippen LogP contribution in [0.25, 0.3) is 75.3 Å². The Kier molecular flexibility index (Phi) is 9.63. The number of hydrogen-bond acceptors (Lipinski definition) is 6. The Labute approximate surface area is 341 Å². The van der Waals surface area contributed by atoms with Gasteiger partial charge in [0.15, 0.2) is 11.4 Å². The molecule has 12 heteroatoms. The molecular weight excluding hydrogens is 755 g/mol. The van der Waals surface area contributed by atoms with E-state index in [9.17, 15) is 31.6 Å². The lowest BCUT2D eigenvalue weighted by molar-refractivity contribution is 0.682. The minimum Gasteiger partial charge on any atom is -0.239 e. The van der Waals surface area contributed by atoms with E-state index < -0.39 is 45.3 Å². The number of nitriles is 6. The van der Waals surface area contributed by atoms with Gasteiger partial charge in [-0.3, -0.25) is 0 Å². The van der Waals surface area contributed by atoms with Gasteiger partial charge in [-0.05, 0) is 87.0 Å². The molecule has 0 fully saturated rings. The Morgan fingerprint density at radius 3 is 1.40 bits per heavy atom. The van der Waals surface area contributed by atoms with Crippen LogP contribution in [0.3, 0.4) is 0 Å². The van der Waals surface area contributed by atoms with E-state index in [4.69, 9.17) is 26.3 Å². The highest BCUT2D eigenvalue weighted by Gasteiger charge is 2.44. The average Bonchev–Trinajstić information content (AvgIpc) is 3.74. The van der Waals surface area contributed by atoms with Gasteiger partial charge in [-0.1, -0.05) is 42.5 Å². The predicted molar refractivity (Wildman–Crippen MR) is 216 cm³/mol. The molecule has 0 aliphatic heterocycles. The number of rotatable bonds is 4. The van der Waals surface area contributed by atoms with Crippen molar-refractivity contribution in [3.8, 4) is 58.7 Å². The van der Waals surface area contributed by atoms with Crippen molar-refractivity contribution in [1.29, 1.82) is 31.6 Å². The van der Waals surface area contributed by atoms with Crippen LogP contribution in [-0.4, -0.2) is 0 Å². The number of halogens is 2. The minimum atomic E-state index is -1.20. The molecule has 0 N–H and O–H groups in total. The molecule has 270 valence electrons. The monoisotopic (exact) mass is 768 g/mol. The van der Waals surface area contributed by atoms with Crippen LogP contribution >= 0.6 is 0 Å². The maximum absolute atomic E-state index is 17.5. The second-order valence-corrected chi connectivity index (χ2v) is 12.9. The summed E-state index contributed by atoms with van der Waals surface area (Å²) in [7, 11) is 0. The van der Waals surface area contributed by atoms with Crippen LogP contribution in [0.4, 0.5) is 20.2 Å². The molecule has 5 aromatic rings. The quantitative estimate of drug-likeness (QED) is 0.131. The van der Waals surface area contributed by atoms with Crippen molar-refractivity contribution in [1.82, 2.24) is 0 Å². The van der Waals surface area contributed by atoms with Crippen molar-refractivity contribution in [2.24, 2.45) is 0 Å². The standard InChI is InChI=1S/C48H14F2N10/c1-57-33-16-31(17-34(18-33)58-2)35(23-55)40-42-38(30-11-7-26(20-52)8-12-30)41-39(37(43(42)48(60-4)46(40)50)29-9-5-25(19-51)6-10-29)36(24-56)45(49)44(41)47(59-3)32-14-27(21-53)13-28(15-32)22-54/h5-18H/b40-35-,47-44+. The topological polar surface area (TPSA) is 160 Å². The molecule has 0 saturated carbocycles. The summed E-state index contributed by atoms with van der Waals surface area (Å²) in [4.78, 5) is 14.1. The molecule has 60 heavy (non-hydrogen) atoms. The van der Waals surface area contributed by atoms with Crippen molar-refractivity contribution < 1.29 is 8.78 Å². The van der Waals surface area contributed by atoms with Gasteiger partial charge in [0.2, 0.25) is 11.4 Å². The van der Waals surface area contributed by atoms with Crippen molar-refractivity contribution in [3.05, 3.63) is 198 Å². The van der Waals surface area contributed by atoms with Crippen LogP contribution < -0.4 is 0 Å². The van der Waals surface area contributed by atoms with Gasteiger partial charge in [0.1, 0.15) is 23.8 Å². The van der Waals surface area contributed by atoms with Gasteiger partial charge in [-0.15, -0.1) is 0 Å². The highest BCUT2D eigenvalue weighted by molar-refractivity contribution is 6.24. The molecule has 2 aliphatic carbocycles. The third-order valence-electron chi connectivity index (χ3n) is 9.81. The largest absolute Gasteiger partial charge is 0.239 e. The molecular formula is C48H14F2N10. The molecule has 0 saturated heterocycles. The summed E-state index contributed by atoms with van der Waals surface area (Å²) in [5.41, 5.74) is -3.29. The maximum Gasteiger partial charge on any atom is 0.231 e. The second-order valence-electron chi connectivity index (χ2n) is 12.9. The predicted octanol–water partition coefficient (Wildman–Crippen LogP) is 11.6. The first-order chi connectivity index (χ1) is 29.1. The third kappa shape index (κ3) is 5.85. The number of nitrogens with zero attached hydrogens (tertiary/aromatic N) is 10. The molecule has 0 bridgehead atoms. The van der Waals surface area contributed by atoms with Gasteiger partial charge in [0, 0.05) is 22.3 Å². The molecule has 0 spiro atoms. The van der Waals surface area contributed by atoms with Gasteiger partial charge in [0.25, 0.3) is 0 Å². The van der Waals surface area contributed by atoms with E-state index in [1.54, 1.807) is 0 Å². The number of hydrogen-bond donors (Lipinski definition) is 0. The Hall–Kier alpha value is -10.2. The zero-order chi connectivity index (χ0) is 42.8. The minimum absolute atomic E-state index is 0.0364. The van der Waals surface area contributed by atoms with E-state index in [1.807, 2.05) is 36.4 Å². The van der Waals surface area contributed by atoms with Gasteiger partial charge in [0.05, 0.1) is 84.0 Å². The Morgan fingerprint density at radius 1 is 0.467 bits per heavy atom. The molecule has 0 unspecified atom stereocenters. The molecule has 0 heterocycles. The summed E-state index contributed by atoms with van der Waals surface area (Å²) in [6, 6.07) is 30.9. The molecule has 0 aromatic heterocycles. The van der Waals surface area contributed by atoms with E-state index in [0.29, 0.717) is 0 Å². The number of benzene rings is 5. The second kappa shape index (κ2) is 15.2. The third-order valence-corrected chi connectivity index (χ3v) is 9.81. The summed E-state index contributed by atoms with van der Waals surface area (Å²) in [5.74, 6) is -2.39. The van der Waals surface area contributed by atoms with E-state index in [0.717, 1.165) is 0 Å². The molecule has 10 nitrogen and oxygen atoms in total. The fourth-order valence-corrected chi connectivity index (χ4v) is 7.38. The molecule has 0 atom stereocenters. The molecule has 7 rings (SSSR count). The zero-order valence-electron chi connectivity index (χ0n) is 30.3. The smallest absolute Gasteiger partial charge is 0.231 e. The van der Waals surface area contributed by atoms with E-state index >= 15 is 8.78 Å². The lowest BCUT2D eigenvalue weighted by Gasteiger charge is -2.24. The van der Waals surface area contributed by atoms with Crippen LogP contribution in [0, 0.1) is 94.3 Å². The van der Waals surface area contributed by atoms with Crippen molar-refractivity contribution >= 4 is 45.1 Å². The van der Waals surface area contributed by atoms with Gasteiger partial charge < -0.3 is 0 Å². The number of allylic oxidation sites excluding steroid dienone is 6. The van der Waals surface area contributed by atoms with E-state index in [1.165, 1.54) is 84.9 Å².